The molecular weight excluding hydrogens is 451 g/mol. The number of fused-ring (bicyclic) bond motifs is 1. The van der Waals surface area contributed by atoms with Crippen molar-refractivity contribution in [3.05, 3.63) is 57.1 Å². The van der Waals surface area contributed by atoms with Crippen LogP contribution in [0.1, 0.15) is 15.2 Å². The van der Waals surface area contributed by atoms with Gasteiger partial charge in [-0.05, 0) is 24.3 Å². The maximum absolute atomic E-state index is 12.9. The standard InChI is InChI=1S/C16H10F3N3O6S2/c1-28-15(23)13-12(9-3-2-6-20-14(9)29-13)21-30(26,27)11-5-4-8(16(17,18)19)7-10(11)22(24)25/h2-7,21H,1H3. The lowest BCUT2D eigenvalue weighted by Crippen LogP contribution is -2.17. The number of rotatable bonds is 5. The normalized spacial score (nSPS) is 12.0. The first kappa shape index (κ1) is 21.4. The number of alkyl halides is 3. The number of esters is 1. The van der Waals surface area contributed by atoms with Crippen LogP contribution in [0.4, 0.5) is 24.5 Å². The second-order valence-corrected chi connectivity index (χ2v) is 8.35. The highest BCUT2D eigenvalue weighted by molar-refractivity contribution is 7.93. The van der Waals surface area contributed by atoms with Crippen LogP contribution in [0.25, 0.3) is 10.2 Å². The van der Waals surface area contributed by atoms with Gasteiger partial charge in [0, 0.05) is 17.6 Å². The Hall–Kier alpha value is -3.26. The van der Waals surface area contributed by atoms with E-state index in [1.807, 2.05) is 0 Å². The minimum Gasteiger partial charge on any atom is -0.465 e. The minimum atomic E-state index is -4.91. The predicted octanol–water partition coefficient (Wildman–Crippen LogP) is 3.81. The molecule has 1 N–H and O–H groups in total. The third-order valence-electron chi connectivity index (χ3n) is 3.85. The number of aromatic nitrogens is 1. The van der Waals surface area contributed by atoms with Crippen LogP contribution in [0.2, 0.25) is 0 Å². The van der Waals surface area contributed by atoms with Crippen molar-refractivity contribution in [1.29, 1.82) is 0 Å². The molecule has 14 heteroatoms. The molecular formula is C16H10F3N3O6S2. The number of nitrogens with one attached hydrogen (secondary N) is 1. The number of nitro benzene ring substituents is 1. The van der Waals surface area contributed by atoms with Gasteiger partial charge in [0.05, 0.1) is 23.3 Å². The van der Waals surface area contributed by atoms with E-state index in [4.69, 9.17) is 0 Å². The Morgan fingerprint density at radius 2 is 2.00 bits per heavy atom. The number of hydrogen-bond acceptors (Lipinski definition) is 8. The Balaban J connectivity index is 2.17. The highest BCUT2D eigenvalue weighted by atomic mass is 32.2. The summed E-state index contributed by atoms with van der Waals surface area (Å²) in [5, 5.41) is 11.5. The highest BCUT2D eigenvalue weighted by Crippen LogP contribution is 2.38. The summed E-state index contributed by atoms with van der Waals surface area (Å²) in [5.74, 6) is -0.891. The quantitative estimate of drug-likeness (QED) is 0.348. The van der Waals surface area contributed by atoms with E-state index in [0.29, 0.717) is 12.1 Å². The van der Waals surface area contributed by atoms with Crippen molar-refractivity contribution in [2.24, 2.45) is 0 Å². The van der Waals surface area contributed by atoms with Gasteiger partial charge in [-0.25, -0.2) is 18.2 Å². The van der Waals surface area contributed by atoms with Crippen LogP contribution in [-0.2, 0) is 20.9 Å². The summed E-state index contributed by atoms with van der Waals surface area (Å²) in [4.78, 5) is 25.2. The molecule has 1 aromatic carbocycles. The van der Waals surface area contributed by atoms with Crippen molar-refractivity contribution in [3.63, 3.8) is 0 Å². The van der Waals surface area contributed by atoms with E-state index in [-0.39, 0.29) is 26.8 Å². The largest absolute Gasteiger partial charge is 0.465 e. The molecule has 0 spiro atoms. The van der Waals surface area contributed by atoms with Gasteiger partial charge >= 0.3 is 12.1 Å². The summed E-state index contributed by atoms with van der Waals surface area (Å²) in [7, 11) is -3.70. The number of nitrogens with zero attached hydrogens (tertiary/aromatic N) is 2. The van der Waals surface area contributed by atoms with Crippen molar-refractivity contribution in [3.8, 4) is 0 Å². The number of methoxy groups -OCH3 is 1. The molecule has 0 saturated heterocycles. The fourth-order valence-corrected chi connectivity index (χ4v) is 4.85. The van der Waals surface area contributed by atoms with Gasteiger partial charge in [0.1, 0.15) is 9.71 Å². The molecule has 0 radical (unpaired) electrons. The topological polar surface area (TPSA) is 128 Å². The number of hydrogen-bond donors (Lipinski definition) is 1. The molecule has 0 unspecified atom stereocenters. The van der Waals surface area contributed by atoms with E-state index >= 15 is 0 Å². The Labute approximate surface area is 170 Å². The summed E-state index contributed by atoms with van der Waals surface area (Å²) in [6.45, 7) is 0. The molecule has 0 aliphatic heterocycles. The smallest absolute Gasteiger partial charge is 0.416 e. The van der Waals surface area contributed by atoms with Gasteiger partial charge in [0.25, 0.3) is 15.7 Å². The first-order valence-electron chi connectivity index (χ1n) is 7.80. The molecule has 0 amide bonds. The monoisotopic (exact) mass is 461 g/mol. The molecule has 2 aromatic heterocycles. The lowest BCUT2D eigenvalue weighted by atomic mass is 10.2. The number of halogens is 3. The van der Waals surface area contributed by atoms with Crippen molar-refractivity contribution in [1.82, 2.24) is 4.98 Å². The molecule has 0 aliphatic rings. The molecule has 2 heterocycles. The number of anilines is 1. The SMILES string of the molecule is COC(=O)c1sc2ncccc2c1NS(=O)(=O)c1ccc(C(F)(F)F)cc1[N+](=O)[O-]. The van der Waals surface area contributed by atoms with Gasteiger partial charge < -0.3 is 4.74 Å². The van der Waals surface area contributed by atoms with Crippen molar-refractivity contribution in [2.75, 3.05) is 11.8 Å². The average Bonchev–Trinajstić information content (AvgIpc) is 3.04. The third kappa shape index (κ3) is 3.91. The number of benzene rings is 1. The number of carbonyl (C=O) groups is 1. The number of sulfonamides is 1. The second-order valence-electron chi connectivity index (χ2n) is 5.70. The van der Waals surface area contributed by atoms with Crippen LogP contribution < -0.4 is 4.72 Å². The van der Waals surface area contributed by atoms with E-state index < -0.39 is 43.2 Å². The number of nitro groups is 1. The molecule has 0 saturated carbocycles. The molecule has 9 nitrogen and oxygen atoms in total. The Bertz CT molecular complexity index is 1270. The van der Waals surface area contributed by atoms with Crippen molar-refractivity contribution < 1.29 is 36.0 Å². The zero-order valence-corrected chi connectivity index (χ0v) is 16.4. The summed E-state index contributed by atoms with van der Waals surface area (Å²) >= 11 is 0.814. The Morgan fingerprint density at radius 1 is 1.30 bits per heavy atom. The molecule has 0 bridgehead atoms. The van der Waals surface area contributed by atoms with Crippen molar-refractivity contribution >= 4 is 48.9 Å². The van der Waals surface area contributed by atoms with Crippen LogP contribution in [-0.4, -0.2) is 31.4 Å². The van der Waals surface area contributed by atoms with E-state index in [9.17, 15) is 36.5 Å². The zero-order chi connectivity index (χ0) is 22.3. The minimum absolute atomic E-state index is 0.128. The van der Waals surface area contributed by atoms with Gasteiger partial charge in [0.15, 0.2) is 4.90 Å². The molecule has 3 aromatic rings. The summed E-state index contributed by atoms with van der Waals surface area (Å²) in [6, 6.07) is 3.94. The van der Waals surface area contributed by atoms with Crippen LogP contribution in [0.5, 0.6) is 0 Å². The Morgan fingerprint density at radius 3 is 2.60 bits per heavy atom. The van der Waals surface area contributed by atoms with E-state index in [0.717, 1.165) is 18.4 Å². The van der Waals surface area contributed by atoms with Gasteiger partial charge in [-0.3, -0.25) is 14.8 Å². The van der Waals surface area contributed by atoms with Crippen LogP contribution in [0.3, 0.4) is 0 Å². The fraction of sp³-hybridized carbons (Fsp3) is 0.125. The van der Waals surface area contributed by atoms with Crippen LogP contribution >= 0.6 is 11.3 Å². The summed E-state index contributed by atoms with van der Waals surface area (Å²) in [6.07, 6.45) is -3.51. The zero-order valence-electron chi connectivity index (χ0n) is 14.8. The van der Waals surface area contributed by atoms with Gasteiger partial charge in [-0.15, -0.1) is 11.3 Å². The third-order valence-corrected chi connectivity index (χ3v) is 6.34. The second kappa shape index (κ2) is 7.53. The Kier molecular flexibility index (Phi) is 5.38. The number of thiophene rings is 1. The van der Waals surface area contributed by atoms with Gasteiger partial charge in [-0.2, -0.15) is 13.2 Å². The summed E-state index contributed by atoms with van der Waals surface area (Å²) in [5.41, 5.74) is -2.90. The van der Waals surface area contributed by atoms with Gasteiger partial charge in [0.2, 0.25) is 0 Å². The van der Waals surface area contributed by atoms with E-state index in [2.05, 4.69) is 14.4 Å². The highest BCUT2D eigenvalue weighted by Gasteiger charge is 2.36. The lowest BCUT2D eigenvalue weighted by Gasteiger charge is -2.11. The van der Waals surface area contributed by atoms with Gasteiger partial charge in [-0.1, -0.05) is 0 Å². The molecule has 0 aliphatic carbocycles. The maximum Gasteiger partial charge on any atom is 0.416 e. The number of ether oxygens (including phenoxy) is 1. The first-order chi connectivity index (χ1) is 14.0. The fourth-order valence-electron chi connectivity index (χ4n) is 2.52. The van der Waals surface area contributed by atoms with E-state index in [1.165, 1.54) is 18.3 Å². The first-order valence-corrected chi connectivity index (χ1v) is 10.1. The maximum atomic E-state index is 12.9. The van der Waals surface area contributed by atoms with E-state index in [1.54, 1.807) is 0 Å². The van der Waals surface area contributed by atoms with Crippen LogP contribution in [0, 0.1) is 10.1 Å². The molecule has 0 fully saturated rings. The lowest BCUT2D eigenvalue weighted by molar-refractivity contribution is -0.388. The van der Waals surface area contributed by atoms with Crippen molar-refractivity contribution in [2.45, 2.75) is 11.1 Å². The average molecular weight is 461 g/mol. The molecule has 3 rings (SSSR count). The molecule has 30 heavy (non-hydrogen) atoms. The summed E-state index contributed by atoms with van der Waals surface area (Å²) < 4.78 is 71.0. The number of carbonyl (C=O) groups excluding carboxylic acids is 1. The molecule has 0 atom stereocenters. The predicted molar refractivity (Wildman–Crippen MR) is 99.9 cm³/mol. The molecule has 158 valence electrons. The number of pyridine rings is 1. The van der Waals surface area contributed by atoms with Crippen LogP contribution in [0.15, 0.2) is 41.4 Å².